The van der Waals surface area contributed by atoms with Gasteiger partial charge in [-0.2, -0.15) is 0 Å². The predicted molar refractivity (Wildman–Crippen MR) is 109 cm³/mol. The first-order chi connectivity index (χ1) is 14.1. The van der Waals surface area contributed by atoms with Crippen LogP contribution in [-0.2, 0) is 0 Å². The minimum atomic E-state index is -0.134. The quantitative estimate of drug-likeness (QED) is 0.468. The van der Waals surface area contributed by atoms with Gasteiger partial charge in [0.05, 0.1) is 12.2 Å². The van der Waals surface area contributed by atoms with Crippen LogP contribution in [0.25, 0.3) is 11.3 Å². The van der Waals surface area contributed by atoms with Crippen LogP contribution in [0.3, 0.4) is 0 Å². The second-order valence-electron chi connectivity index (χ2n) is 7.13. The van der Waals surface area contributed by atoms with Crippen molar-refractivity contribution in [1.82, 2.24) is 15.0 Å². The Balaban J connectivity index is 1.51. The van der Waals surface area contributed by atoms with Gasteiger partial charge in [-0.3, -0.25) is 9.59 Å². The third-order valence-electron chi connectivity index (χ3n) is 5.41. The third kappa shape index (κ3) is 2.79. The van der Waals surface area contributed by atoms with E-state index in [1.54, 1.807) is 41.1 Å². The van der Waals surface area contributed by atoms with Crippen LogP contribution in [0.4, 0.5) is 0 Å². The molecule has 1 aromatic heterocycles. The van der Waals surface area contributed by atoms with E-state index < -0.39 is 0 Å². The van der Waals surface area contributed by atoms with Crippen molar-refractivity contribution in [2.24, 2.45) is 0 Å². The van der Waals surface area contributed by atoms with E-state index in [4.69, 9.17) is 0 Å². The van der Waals surface area contributed by atoms with Gasteiger partial charge in [-0.15, -0.1) is 5.10 Å². The second kappa shape index (κ2) is 6.63. The van der Waals surface area contributed by atoms with Crippen molar-refractivity contribution in [2.45, 2.75) is 13.0 Å². The highest BCUT2D eigenvalue weighted by Gasteiger charge is 2.30. The summed E-state index contributed by atoms with van der Waals surface area (Å²) in [6.07, 6.45) is 1.89. The molecular formula is C24H17N3O2. The van der Waals surface area contributed by atoms with Crippen molar-refractivity contribution in [1.29, 1.82) is 0 Å². The molecule has 140 valence electrons. The number of fused-ring (bicyclic) bond motifs is 2. The van der Waals surface area contributed by atoms with Crippen LogP contribution >= 0.6 is 0 Å². The maximum atomic E-state index is 13.0. The number of rotatable bonds is 3. The lowest BCUT2D eigenvalue weighted by atomic mass is 9.83. The van der Waals surface area contributed by atoms with Gasteiger partial charge < -0.3 is 0 Å². The molecule has 0 amide bonds. The number of hydrogen-bond donors (Lipinski definition) is 0. The summed E-state index contributed by atoms with van der Waals surface area (Å²) in [4.78, 5) is 25.8. The molecule has 5 rings (SSSR count). The van der Waals surface area contributed by atoms with E-state index in [0.29, 0.717) is 22.3 Å². The molecule has 4 aromatic rings. The van der Waals surface area contributed by atoms with Crippen molar-refractivity contribution in [3.63, 3.8) is 0 Å². The van der Waals surface area contributed by atoms with E-state index in [-0.39, 0.29) is 17.6 Å². The van der Waals surface area contributed by atoms with Crippen LogP contribution in [0.2, 0.25) is 0 Å². The standard InChI is InChI=1S/C24H17N3O2/c1-15(27-14-22(25-26-27)16-7-3-2-4-8-16)17-11-12-20-21(13-17)24(29)19-10-6-5-9-18(19)23(20)28/h2-15H,1H3. The number of ketones is 2. The molecule has 5 heteroatoms. The van der Waals surface area contributed by atoms with Gasteiger partial charge in [0, 0.05) is 27.8 Å². The SMILES string of the molecule is CC(c1ccc2c(c1)C(=O)c1ccccc1C2=O)n1cc(-c2ccccc2)nn1. The van der Waals surface area contributed by atoms with Gasteiger partial charge in [0.25, 0.3) is 0 Å². The summed E-state index contributed by atoms with van der Waals surface area (Å²) < 4.78 is 1.77. The minimum Gasteiger partial charge on any atom is -0.289 e. The molecule has 0 saturated heterocycles. The van der Waals surface area contributed by atoms with E-state index in [1.165, 1.54) is 0 Å². The van der Waals surface area contributed by atoms with E-state index in [2.05, 4.69) is 10.3 Å². The van der Waals surface area contributed by atoms with Gasteiger partial charge >= 0.3 is 0 Å². The fourth-order valence-corrected chi connectivity index (χ4v) is 3.74. The second-order valence-corrected chi connectivity index (χ2v) is 7.13. The fourth-order valence-electron chi connectivity index (χ4n) is 3.74. The topological polar surface area (TPSA) is 64.8 Å². The normalized spacial score (nSPS) is 13.7. The van der Waals surface area contributed by atoms with Crippen LogP contribution in [0.5, 0.6) is 0 Å². The smallest absolute Gasteiger partial charge is 0.194 e. The molecule has 0 spiro atoms. The molecule has 1 aliphatic rings. The minimum absolute atomic E-state index is 0.110. The van der Waals surface area contributed by atoms with E-state index in [0.717, 1.165) is 16.8 Å². The highest BCUT2D eigenvalue weighted by Crippen LogP contribution is 2.30. The first-order valence-corrected chi connectivity index (χ1v) is 9.43. The van der Waals surface area contributed by atoms with E-state index >= 15 is 0 Å². The Morgan fingerprint density at radius 3 is 2.10 bits per heavy atom. The van der Waals surface area contributed by atoms with Crippen LogP contribution in [0.15, 0.2) is 79.0 Å². The van der Waals surface area contributed by atoms with Crippen molar-refractivity contribution in [3.8, 4) is 11.3 Å². The zero-order valence-electron chi connectivity index (χ0n) is 15.7. The van der Waals surface area contributed by atoms with Crippen LogP contribution in [-0.4, -0.2) is 26.6 Å². The van der Waals surface area contributed by atoms with Crippen LogP contribution in [0, 0.1) is 0 Å². The summed E-state index contributed by atoms with van der Waals surface area (Å²) in [5, 5.41) is 8.53. The number of carbonyl (C=O) groups is 2. The Kier molecular flexibility index (Phi) is 3.95. The summed E-state index contributed by atoms with van der Waals surface area (Å²) >= 11 is 0. The Morgan fingerprint density at radius 1 is 0.759 bits per heavy atom. The van der Waals surface area contributed by atoms with E-state index in [9.17, 15) is 9.59 Å². The highest BCUT2D eigenvalue weighted by atomic mass is 16.1. The summed E-state index contributed by atoms with van der Waals surface area (Å²) in [7, 11) is 0. The Morgan fingerprint density at radius 2 is 1.38 bits per heavy atom. The molecule has 3 aromatic carbocycles. The zero-order chi connectivity index (χ0) is 20.0. The molecule has 0 saturated carbocycles. The maximum absolute atomic E-state index is 13.0. The summed E-state index contributed by atoms with van der Waals surface area (Å²) in [6.45, 7) is 1.99. The van der Waals surface area contributed by atoms with Gasteiger partial charge in [-0.05, 0) is 24.6 Å². The lowest BCUT2D eigenvalue weighted by molar-refractivity contribution is 0.0979. The highest BCUT2D eigenvalue weighted by molar-refractivity contribution is 6.28. The molecule has 0 fully saturated rings. The average Bonchev–Trinajstić information content (AvgIpc) is 3.27. The van der Waals surface area contributed by atoms with Crippen molar-refractivity contribution in [3.05, 3.63) is 107 Å². The molecule has 0 bridgehead atoms. The molecule has 1 unspecified atom stereocenters. The predicted octanol–water partition coefficient (Wildman–Crippen LogP) is 4.33. The van der Waals surface area contributed by atoms with Gasteiger partial charge in [0.15, 0.2) is 11.6 Å². The fraction of sp³-hybridized carbons (Fsp3) is 0.0833. The lowest BCUT2D eigenvalue weighted by Crippen LogP contribution is -2.21. The van der Waals surface area contributed by atoms with Crippen molar-refractivity contribution >= 4 is 11.6 Å². The monoisotopic (exact) mass is 379 g/mol. The molecule has 0 aliphatic heterocycles. The number of nitrogens with zero attached hydrogens (tertiary/aromatic N) is 3. The summed E-state index contributed by atoms with van der Waals surface area (Å²) in [5.74, 6) is -0.227. The molecular weight excluding hydrogens is 362 g/mol. The number of hydrogen-bond acceptors (Lipinski definition) is 4. The molecule has 29 heavy (non-hydrogen) atoms. The Hall–Kier alpha value is -3.86. The van der Waals surface area contributed by atoms with Crippen LogP contribution in [0.1, 0.15) is 50.4 Å². The van der Waals surface area contributed by atoms with Gasteiger partial charge in [-0.25, -0.2) is 4.68 Å². The van der Waals surface area contributed by atoms with Crippen molar-refractivity contribution in [2.75, 3.05) is 0 Å². The van der Waals surface area contributed by atoms with Gasteiger partial charge in [0.2, 0.25) is 0 Å². The third-order valence-corrected chi connectivity index (χ3v) is 5.41. The largest absolute Gasteiger partial charge is 0.289 e. The Labute approximate surface area is 167 Å². The molecule has 1 heterocycles. The molecule has 0 N–H and O–H groups in total. The molecule has 0 radical (unpaired) electrons. The zero-order valence-corrected chi connectivity index (χ0v) is 15.7. The van der Waals surface area contributed by atoms with Gasteiger partial charge in [-0.1, -0.05) is 65.9 Å². The first kappa shape index (κ1) is 17.3. The van der Waals surface area contributed by atoms with Crippen LogP contribution < -0.4 is 0 Å². The van der Waals surface area contributed by atoms with Crippen molar-refractivity contribution < 1.29 is 9.59 Å². The summed E-state index contributed by atoms with van der Waals surface area (Å²) in [5.41, 5.74) is 4.50. The summed E-state index contributed by atoms with van der Waals surface area (Å²) in [6, 6.07) is 22.1. The molecule has 1 aliphatic carbocycles. The number of aromatic nitrogens is 3. The number of carbonyl (C=O) groups excluding carboxylic acids is 2. The number of benzene rings is 3. The molecule has 5 nitrogen and oxygen atoms in total. The maximum Gasteiger partial charge on any atom is 0.194 e. The van der Waals surface area contributed by atoms with E-state index in [1.807, 2.05) is 49.5 Å². The lowest BCUT2D eigenvalue weighted by Gasteiger charge is -2.19. The Bertz CT molecular complexity index is 1260. The molecule has 1 atom stereocenters. The average molecular weight is 379 g/mol. The van der Waals surface area contributed by atoms with Gasteiger partial charge in [0.1, 0.15) is 5.69 Å². The first-order valence-electron chi connectivity index (χ1n) is 9.43.